The molecule has 0 aromatic carbocycles. The van der Waals surface area contributed by atoms with Crippen molar-refractivity contribution >= 4 is 28.7 Å². The van der Waals surface area contributed by atoms with Crippen molar-refractivity contribution in [1.29, 1.82) is 0 Å². The van der Waals surface area contributed by atoms with Crippen molar-refractivity contribution in [3.63, 3.8) is 0 Å². The lowest BCUT2D eigenvalue weighted by Gasteiger charge is -2.19. The van der Waals surface area contributed by atoms with Crippen LogP contribution in [0.25, 0.3) is 11.2 Å². The number of nitrogens with two attached hydrogens (primary N) is 1. The summed E-state index contributed by atoms with van der Waals surface area (Å²) in [5.41, 5.74) is 6.80. The molecule has 0 aliphatic carbocycles. The maximum absolute atomic E-state index is 10.1. The van der Waals surface area contributed by atoms with E-state index >= 15 is 0 Å². The molecule has 4 atom stereocenters. The van der Waals surface area contributed by atoms with Crippen LogP contribution in [0.5, 0.6) is 0 Å². The van der Waals surface area contributed by atoms with Crippen molar-refractivity contribution in [1.82, 2.24) is 19.5 Å². The Hall–Kier alpha value is -1.42. The number of nitrogen functional groups attached to an aromatic ring is 1. The van der Waals surface area contributed by atoms with Gasteiger partial charge in [0.15, 0.2) is 17.7 Å². The quantitative estimate of drug-likeness (QED) is 0.686. The van der Waals surface area contributed by atoms with Gasteiger partial charge >= 0.3 is 0 Å². The first kappa shape index (κ1) is 13.6. The highest BCUT2D eigenvalue weighted by Crippen LogP contribution is 2.37. The zero-order valence-corrected chi connectivity index (χ0v) is 11.6. The Balaban J connectivity index is 2.04. The van der Waals surface area contributed by atoms with Crippen LogP contribution in [0, 0.1) is 0 Å². The van der Waals surface area contributed by atoms with E-state index in [1.165, 1.54) is 18.1 Å². The number of hydrogen-bond donors (Lipinski definition) is 3. The molecule has 3 rings (SSSR count). The minimum atomic E-state index is -0.753. The van der Waals surface area contributed by atoms with E-state index in [0.717, 1.165) is 0 Å². The maximum atomic E-state index is 10.1. The van der Waals surface area contributed by atoms with Crippen LogP contribution < -0.4 is 5.73 Å². The molecule has 1 saturated heterocycles. The van der Waals surface area contributed by atoms with Crippen LogP contribution in [0.15, 0.2) is 12.7 Å². The first-order valence-electron chi connectivity index (χ1n) is 6.07. The van der Waals surface area contributed by atoms with Gasteiger partial charge in [-0.15, -0.1) is 0 Å². The Bertz CT molecular complexity index is 621. The molecule has 9 heteroatoms. The van der Waals surface area contributed by atoms with Crippen molar-refractivity contribution in [2.45, 2.75) is 23.7 Å². The Kier molecular flexibility index (Phi) is 3.50. The first-order chi connectivity index (χ1) is 9.67. The molecule has 2 aromatic heterocycles. The lowest BCUT2D eigenvalue weighted by Crippen LogP contribution is -2.31. The topological polar surface area (TPSA) is 119 Å². The SMILES string of the molecule is CS[C@H]1[C@H](O)[C@@H](CO)O[C@@H]1n1cnc2c(N)ncnc21. The van der Waals surface area contributed by atoms with Crippen molar-refractivity contribution in [2.24, 2.45) is 0 Å². The Morgan fingerprint density at radius 1 is 1.45 bits per heavy atom. The number of fused-ring (bicyclic) bond motifs is 1. The fourth-order valence-electron chi connectivity index (χ4n) is 2.40. The number of imidazole rings is 1. The third-order valence-electron chi connectivity index (χ3n) is 3.43. The molecule has 1 aliphatic rings. The fraction of sp³-hybridized carbons (Fsp3) is 0.545. The largest absolute Gasteiger partial charge is 0.394 e. The third-order valence-corrected chi connectivity index (χ3v) is 4.48. The summed E-state index contributed by atoms with van der Waals surface area (Å²) in [5.74, 6) is 0.298. The predicted octanol–water partition coefficient (Wildman–Crippen LogP) is -0.609. The van der Waals surface area contributed by atoms with Gasteiger partial charge < -0.3 is 20.7 Å². The average molecular weight is 297 g/mol. The van der Waals surface area contributed by atoms with Gasteiger partial charge in [-0.2, -0.15) is 11.8 Å². The van der Waals surface area contributed by atoms with Crippen LogP contribution in [-0.4, -0.2) is 60.1 Å². The highest BCUT2D eigenvalue weighted by molar-refractivity contribution is 7.99. The van der Waals surface area contributed by atoms with Gasteiger partial charge in [-0.3, -0.25) is 4.57 Å². The summed E-state index contributed by atoms with van der Waals surface area (Å²) in [5, 5.41) is 19.2. The van der Waals surface area contributed by atoms with Crippen LogP contribution in [0.1, 0.15) is 6.23 Å². The number of nitrogens with zero attached hydrogens (tertiary/aromatic N) is 4. The highest BCUT2D eigenvalue weighted by atomic mass is 32.2. The van der Waals surface area contributed by atoms with E-state index in [1.807, 2.05) is 6.26 Å². The fourth-order valence-corrected chi connectivity index (χ4v) is 3.29. The molecular weight excluding hydrogens is 282 g/mol. The normalized spacial score (nSPS) is 30.1. The standard InChI is InChI=1S/C11H15N5O3S/c1-20-8-7(18)5(2-17)19-11(8)16-4-15-6-9(12)13-3-14-10(6)16/h3-5,7-8,11,17-18H,2H2,1H3,(H2,12,13,14)/t5-,7-,8+,11+/m1/s1. The first-order valence-corrected chi connectivity index (χ1v) is 7.36. The highest BCUT2D eigenvalue weighted by Gasteiger charge is 2.44. The van der Waals surface area contributed by atoms with E-state index in [2.05, 4.69) is 15.0 Å². The summed E-state index contributed by atoms with van der Waals surface area (Å²) in [7, 11) is 0. The summed E-state index contributed by atoms with van der Waals surface area (Å²) in [6, 6.07) is 0. The summed E-state index contributed by atoms with van der Waals surface area (Å²) in [4.78, 5) is 12.2. The molecule has 8 nitrogen and oxygen atoms in total. The van der Waals surface area contributed by atoms with Crippen LogP contribution in [0.2, 0.25) is 0 Å². The molecule has 4 N–H and O–H groups in total. The minimum Gasteiger partial charge on any atom is -0.394 e. The Morgan fingerprint density at radius 3 is 2.95 bits per heavy atom. The molecule has 108 valence electrons. The molecule has 0 spiro atoms. The molecule has 0 bridgehead atoms. The van der Waals surface area contributed by atoms with Crippen LogP contribution >= 0.6 is 11.8 Å². The summed E-state index contributed by atoms with van der Waals surface area (Å²) in [6.07, 6.45) is 2.98. The smallest absolute Gasteiger partial charge is 0.167 e. The van der Waals surface area contributed by atoms with Crippen LogP contribution in [0.3, 0.4) is 0 Å². The van der Waals surface area contributed by atoms with E-state index < -0.39 is 18.4 Å². The molecule has 0 saturated carbocycles. The van der Waals surface area contributed by atoms with Gasteiger partial charge in [0, 0.05) is 0 Å². The van der Waals surface area contributed by atoms with E-state index in [0.29, 0.717) is 17.0 Å². The van der Waals surface area contributed by atoms with E-state index in [4.69, 9.17) is 10.5 Å². The number of aliphatic hydroxyl groups excluding tert-OH is 2. The Morgan fingerprint density at radius 2 is 2.25 bits per heavy atom. The van der Waals surface area contributed by atoms with Crippen LogP contribution in [0.4, 0.5) is 5.82 Å². The Labute approximate surface area is 119 Å². The number of thioether (sulfide) groups is 1. The second-order valence-corrected chi connectivity index (χ2v) is 5.54. The third kappa shape index (κ3) is 1.94. The second kappa shape index (κ2) is 5.17. The minimum absolute atomic E-state index is 0.222. The molecular formula is C11H15N5O3S. The van der Waals surface area contributed by atoms with E-state index in [9.17, 15) is 10.2 Å². The molecule has 0 unspecified atom stereocenters. The number of aromatic nitrogens is 4. The lowest BCUT2D eigenvalue weighted by atomic mass is 10.2. The van der Waals surface area contributed by atoms with Crippen molar-refractivity contribution < 1.29 is 14.9 Å². The van der Waals surface area contributed by atoms with Crippen LogP contribution in [-0.2, 0) is 4.74 Å². The zero-order valence-electron chi connectivity index (χ0n) is 10.7. The van der Waals surface area contributed by atoms with Crippen molar-refractivity contribution in [3.8, 4) is 0 Å². The molecule has 0 amide bonds. The summed E-state index contributed by atoms with van der Waals surface area (Å²) >= 11 is 1.47. The molecule has 1 aliphatic heterocycles. The monoisotopic (exact) mass is 297 g/mol. The number of aliphatic hydroxyl groups is 2. The molecule has 20 heavy (non-hydrogen) atoms. The number of anilines is 1. The van der Waals surface area contributed by atoms with E-state index in [-0.39, 0.29) is 11.9 Å². The van der Waals surface area contributed by atoms with Gasteiger partial charge in [0.05, 0.1) is 24.3 Å². The molecule has 1 fully saturated rings. The second-order valence-electron chi connectivity index (χ2n) is 4.52. The molecule has 0 radical (unpaired) electrons. The number of ether oxygens (including phenoxy) is 1. The maximum Gasteiger partial charge on any atom is 0.167 e. The molecule has 3 heterocycles. The predicted molar refractivity (Wildman–Crippen MR) is 74.0 cm³/mol. The number of rotatable bonds is 3. The van der Waals surface area contributed by atoms with Gasteiger partial charge in [-0.05, 0) is 6.26 Å². The van der Waals surface area contributed by atoms with Gasteiger partial charge in [-0.1, -0.05) is 0 Å². The van der Waals surface area contributed by atoms with Gasteiger partial charge in [0.25, 0.3) is 0 Å². The number of hydrogen-bond acceptors (Lipinski definition) is 8. The average Bonchev–Trinajstić information content (AvgIpc) is 3.00. The van der Waals surface area contributed by atoms with E-state index in [1.54, 1.807) is 10.9 Å². The zero-order chi connectivity index (χ0) is 14.3. The van der Waals surface area contributed by atoms with Gasteiger partial charge in [-0.25, -0.2) is 15.0 Å². The summed E-state index contributed by atoms with van der Waals surface area (Å²) in [6.45, 7) is -0.238. The summed E-state index contributed by atoms with van der Waals surface area (Å²) < 4.78 is 7.44. The van der Waals surface area contributed by atoms with Crippen molar-refractivity contribution in [2.75, 3.05) is 18.6 Å². The van der Waals surface area contributed by atoms with Gasteiger partial charge in [0.1, 0.15) is 17.9 Å². The van der Waals surface area contributed by atoms with Crippen molar-refractivity contribution in [3.05, 3.63) is 12.7 Å². The lowest BCUT2D eigenvalue weighted by molar-refractivity contribution is -0.0430. The molecule has 2 aromatic rings. The van der Waals surface area contributed by atoms with Gasteiger partial charge in [0.2, 0.25) is 0 Å².